The molecule has 0 radical (unpaired) electrons. The highest BCUT2D eigenvalue weighted by Gasteiger charge is 2.18. The molecule has 1 aromatic rings. The van der Waals surface area contributed by atoms with Crippen LogP contribution in [0.15, 0.2) is 18.2 Å². The normalized spacial score (nSPS) is 11.6. The summed E-state index contributed by atoms with van der Waals surface area (Å²) >= 11 is 0. The number of hydrogen-bond acceptors (Lipinski definition) is 1. The van der Waals surface area contributed by atoms with Gasteiger partial charge in [-0.15, -0.1) is 0 Å². The molecule has 0 atom stereocenters. The maximum atomic E-state index is 13.2. The molecule has 0 saturated heterocycles. The molecule has 1 aromatic carbocycles. The van der Waals surface area contributed by atoms with Crippen molar-refractivity contribution in [1.82, 2.24) is 0 Å². The van der Waals surface area contributed by atoms with Gasteiger partial charge in [0.1, 0.15) is 17.2 Å². The molecule has 0 aliphatic rings. The molecule has 0 bridgehead atoms. The van der Waals surface area contributed by atoms with Gasteiger partial charge in [0, 0.05) is 6.07 Å². The SMILES string of the molecule is CCCc1ccc(F)cc1OC(C)(C)CC. The van der Waals surface area contributed by atoms with Crippen LogP contribution in [0, 0.1) is 5.82 Å². The van der Waals surface area contributed by atoms with E-state index in [2.05, 4.69) is 13.8 Å². The monoisotopic (exact) mass is 224 g/mol. The number of ether oxygens (including phenoxy) is 1. The average molecular weight is 224 g/mol. The van der Waals surface area contributed by atoms with E-state index in [1.807, 2.05) is 19.9 Å². The van der Waals surface area contributed by atoms with Crippen LogP contribution in [0.1, 0.15) is 46.1 Å². The van der Waals surface area contributed by atoms with Gasteiger partial charge in [0.25, 0.3) is 0 Å². The van der Waals surface area contributed by atoms with Crippen molar-refractivity contribution >= 4 is 0 Å². The molecular formula is C14H21FO. The fourth-order valence-electron chi connectivity index (χ4n) is 1.47. The quantitative estimate of drug-likeness (QED) is 0.722. The van der Waals surface area contributed by atoms with Crippen molar-refractivity contribution in [3.05, 3.63) is 29.6 Å². The summed E-state index contributed by atoms with van der Waals surface area (Å²) in [5.74, 6) is 0.454. The van der Waals surface area contributed by atoms with Crippen LogP contribution in [0.5, 0.6) is 5.75 Å². The van der Waals surface area contributed by atoms with Crippen LogP contribution in [-0.4, -0.2) is 5.60 Å². The molecule has 0 fully saturated rings. The second-order valence-electron chi connectivity index (χ2n) is 4.72. The van der Waals surface area contributed by atoms with E-state index in [1.165, 1.54) is 12.1 Å². The van der Waals surface area contributed by atoms with E-state index < -0.39 is 0 Å². The molecule has 0 spiro atoms. The standard InChI is InChI=1S/C14H21FO/c1-5-7-11-8-9-12(15)10-13(11)16-14(3,4)6-2/h8-10H,5-7H2,1-4H3. The smallest absolute Gasteiger partial charge is 0.126 e. The van der Waals surface area contributed by atoms with Gasteiger partial charge in [-0.3, -0.25) is 0 Å². The Balaban J connectivity index is 2.96. The Morgan fingerprint density at radius 1 is 1.25 bits per heavy atom. The fourth-order valence-corrected chi connectivity index (χ4v) is 1.47. The molecule has 0 N–H and O–H groups in total. The lowest BCUT2D eigenvalue weighted by Gasteiger charge is -2.26. The van der Waals surface area contributed by atoms with Crippen molar-refractivity contribution in [2.45, 2.75) is 52.6 Å². The van der Waals surface area contributed by atoms with Crippen molar-refractivity contribution in [1.29, 1.82) is 0 Å². The van der Waals surface area contributed by atoms with Crippen molar-refractivity contribution < 1.29 is 9.13 Å². The first kappa shape index (κ1) is 13.0. The number of halogens is 1. The first-order valence-electron chi connectivity index (χ1n) is 5.96. The Bertz CT molecular complexity index is 345. The summed E-state index contributed by atoms with van der Waals surface area (Å²) in [5.41, 5.74) is 0.849. The van der Waals surface area contributed by atoms with Crippen molar-refractivity contribution in [3.63, 3.8) is 0 Å². The highest BCUT2D eigenvalue weighted by atomic mass is 19.1. The van der Waals surface area contributed by atoms with Crippen LogP contribution in [-0.2, 0) is 6.42 Å². The minimum absolute atomic E-state index is 0.234. The van der Waals surface area contributed by atoms with Gasteiger partial charge in [-0.05, 0) is 38.3 Å². The second kappa shape index (κ2) is 5.33. The molecule has 0 unspecified atom stereocenters. The maximum absolute atomic E-state index is 13.2. The van der Waals surface area contributed by atoms with E-state index >= 15 is 0 Å². The predicted octanol–water partition coefficient (Wildman–Crippen LogP) is 4.35. The highest BCUT2D eigenvalue weighted by Crippen LogP contribution is 2.26. The van der Waals surface area contributed by atoms with Crippen LogP contribution >= 0.6 is 0 Å². The number of aryl methyl sites for hydroxylation is 1. The Morgan fingerprint density at radius 2 is 1.94 bits per heavy atom. The molecule has 90 valence electrons. The predicted molar refractivity (Wildman–Crippen MR) is 65.4 cm³/mol. The van der Waals surface area contributed by atoms with Gasteiger partial charge >= 0.3 is 0 Å². The van der Waals surface area contributed by atoms with E-state index in [4.69, 9.17) is 4.74 Å². The van der Waals surface area contributed by atoms with Crippen LogP contribution in [0.25, 0.3) is 0 Å². The van der Waals surface area contributed by atoms with E-state index in [9.17, 15) is 4.39 Å². The average Bonchev–Trinajstić information content (AvgIpc) is 2.22. The number of benzene rings is 1. The molecule has 1 rings (SSSR count). The molecule has 2 heteroatoms. The molecule has 0 aliphatic heterocycles. The lowest BCUT2D eigenvalue weighted by molar-refractivity contribution is 0.103. The molecule has 0 saturated carbocycles. The number of hydrogen-bond donors (Lipinski definition) is 0. The maximum Gasteiger partial charge on any atom is 0.126 e. The summed E-state index contributed by atoms with van der Waals surface area (Å²) in [4.78, 5) is 0. The topological polar surface area (TPSA) is 9.23 Å². The van der Waals surface area contributed by atoms with Gasteiger partial charge in [-0.1, -0.05) is 26.3 Å². The third-order valence-electron chi connectivity index (χ3n) is 2.79. The minimum atomic E-state index is -0.240. The third-order valence-corrected chi connectivity index (χ3v) is 2.79. The summed E-state index contributed by atoms with van der Waals surface area (Å²) in [6.07, 6.45) is 2.86. The van der Waals surface area contributed by atoms with E-state index in [0.29, 0.717) is 5.75 Å². The minimum Gasteiger partial charge on any atom is -0.487 e. The Hall–Kier alpha value is -1.05. The lowest BCUT2D eigenvalue weighted by Crippen LogP contribution is -2.27. The first-order chi connectivity index (χ1) is 7.48. The highest BCUT2D eigenvalue weighted by molar-refractivity contribution is 5.34. The van der Waals surface area contributed by atoms with Gasteiger partial charge in [-0.2, -0.15) is 0 Å². The van der Waals surface area contributed by atoms with Crippen molar-refractivity contribution in [2.24, 2.45) is 0 Å². The van der Waals surface area contributed by atoms with Gasteiger partial charge in [-0.25, -0.2) is 4.39 Å². The molecule has 0 heterocycles. The first-order valence-corrected chi connectivity index (χ1v) is 5.96. The van der Waals surface area contributed by atoms with Gasteiger partial charge < -0.3 is 4.74 Å². The van der Waals surface area contributed by atoms with Crippen molar-refractivity contribution in [3.8, 4) is 5.75 Å². The van der Waals surface area contributed by atoms with Crippen LogP contribution in [0.2, 0.25) is 0 Å². The van der Waals surface area contributed by atoms with Gasteiger partial charge in [0.05, 0.1) is 0 Å². The molecule has 0 aromatic heterocycles. The summed E-state index contributed by atoms with van der Waals surface area (Å²) in [6, 6.07) is 4.80. The summed E-state index contributed by atoms with van der Waals surface area (Å²) in [6.45, 7) is 8.22. The lowest BCUT2D eigenvalue weighted by atomic mass is 10.1. The zero-order chi connectivity index (χ0) is 12.2. The summed E-state index contributed by atoms with van der Waals surface area (Å²) < 4.78 is 19.1. The Kier molecular flexibility index (Phi) is 4.34. The number of rotatable bonds is 5. The van der Waals surface area contributed by atoms with E-state index in [0.717, 1.165) is 24.8 Å². The zero-order valence-electron chi connectivity index (χ0n) is 10.6. The van der Waals surface area contributed by atoms with Crippen LogP contribution in [0.4, 0.5) is 4.39 Å². The zero-order valence-corrected chi connectivity index (χ0v) is 10.6. The molecular weight excluding hydrogens is 203 g/mol. The summed E-state index contributed by atoms with van der Waals surface area (Å²) in [7, 11) is 0. The van der Waals surface area contributed by atoms with Crippen LogP contribution in [0.3, 0.4) is 0 Å². The Labute approximate surface area is 97.6 Å². The largest absolute Gasteiger partial charge is 0.487 e. The second-order valence-corrected chi connectivity index (χ2v) is 4.72. The van der Waals surface area contributed by atoms with Crippen molar-refractivity contribution in [2.75, 3.05) is 0 Å². The van der Waals surface area contributed by atoms with E-state index in [1.54, 1.807) is 0 Å². The van der Waals surface area contributed by atoms with Gasteiger partial charge in [0.15, 0.2) is 0 Å². The molecule has 16 heavy (non-hydrogen) atoms. The third kappa shape index (κ3) is 3.51. The van der Waals surface area contributed by atoms with Gasteiger partial charge in [0.2, 0.25) is 0 Å². The molecule has 0 amide bonds. The molecule has 1 nitrogen and oxygen atoms in total. The molecule has 0 aliphatic carbocycles. The fraction of sp³-hybridized carbons (Fsp3) is 0.571. The van der Waals surface area contributed by atoms with Crippen LogP contribution < -0.4 is 4.74 Å². The Morgan fingerprint density at radius 3 is 2.50 bits per heavy atom. The summed E-state index contributed by atoms with van der Waals surface area (Å²) in [5, 5.41) is 0. The van der Waals surface area contributed by atoms with E-state index in [-0.39, 0.29) is 11.4 Å².